The van der Waals surface area contributed by atoms with Gasteiger partial charge in [-0.05, 0) is 49.7 Å². The third kappa shape index (κ3) is 2.76. The number of carbonyl (C=O) groups is 2. The predicted molar refractivity (Wildman–Crippen MR) is 112 cm³/mol. The normalized spacial score (nSPS) is 21.9. The zero-order valence-electron chi connectivity index (χ0n) is 15.8. The molecule has 2 aliphatic rings. The third-order valence-electron chi connectivity index (χ3n) is 5.43. The van der Waals surface area contributed by atoms with Crippen LogP contribution >= 0.6 is 11.8 Å². The van der Waals surface area contributed by atoms with Crippen molar-refractivity contribution >= 4 is 40.2 Å². The molecule has 2 aliphatic heterocycles. The smallest absolute Gasteiger partial charge is 0.336 e. The molecule has 0 saturated carbocycles. The summed E-state index contributed by atoms with van der Waals surface area (Å²) in [7, 11) is 0. The molecule has 3 aromatic rings. The van der Waals surface area contributed by atoms with Gasteiger partial charge in [-0.1, -0.05) is 18.2 Å². The van der Waals surface area contributed by atoms with E-state index in [-0.39, 0.29) is 17.2 Å². The van der Waals surface area contributed by atoms with Gasteiger partial charge in [0.2, 0.25) is 5.91 Å². The van der Waals surface area contributed by atoms with Crippen LogP contribution < -0.4 is 10.9 Å². The highest BCUT2D eigenvalue weighted by Gasteiger charge is 2.57. The lowest BCUT2D eigenvalue weighted by Gasteiger charge is -2.29. The first-order valence-electron chi connectivity index (χ1n) is 9.29. The van der Waals surface area contributed by atoms with Gasteiger partial charge in [-0.3, -0.25) is 9.59 Å². The summed E-state index contributed by atoms with van der Waals surface area (Å²) >= 11 is 1.63. The molecule has 5 rings (SSSR count). The number of fused-ring (bicyclic) bond motifs is 4. The molecule has 146 valence electrons. The summed E-state index contributed by atoms with van der Waals surface area (Å²) in [6.45, 7) is 3.98. The summed E-state index contributed by atoms with van der Waals surface area (Å²) in [6, 6.07) is 15.0. The van der Waals surface area contributed by atoms with Gasteiger partial charge in [0.15, 0.2) is 0 Å². The van der Waals surface area contributed by atoms with E-state index in [1.807, 2.05) is 38.1 Å². The molecule has 1 saturated heterocycles. The maximum Gasteiger partial charge on any atom is 0.336 e. The fraction of sp³-hybridized carbons (Fsp3) is 0.227. The summed E-state index contributed by atoms with van der Waals surface area (Å²) < 4.78 is 4.69. The second-order valence-corrected chi connectivity index (χ2v) is 9.51. The number of anilines is 1. The Bertz CT molecular complexity index is 1230. The molecule has 7 heteroatoms. The molecule has 2 amide bonds. The number of benzene rings is 2. The van der Waals surface area contributed by atoms with Crippen molar-refractivity contribution in [2.45, 2.75) is 30.0 Å². The van der Waals surface area contributed by atoms with Crippen LogP contribution in [0.4, 0.5) is 5.69 Å². The zero-order valence-corrected chi connectivity index (χ0v) is 16.7. The van der Waals surface area contributed by atoms with E-state index in [4.69, 9.17) is 4.42 Å². The van der Waals surface area contributed by atoms with E-state index in [9.17, 15) is 14.4 Å². The molecule has 29 heavy (non-hydrogen) atoms. The minimum Gasteiger partial charge on any atom is -0.423 e. The Morgan fingerprint density at radius 2 is 1.90 bits per heavy atom. The highest BCUT2D eigenvalue weighted by Crippen LogP contribution is 2.56. The molecule has 0 radical (unpaired) electrons. The number of thioether (sulfide) groups is 1. The maximum absolute atomic E-state index is 13.3. The van der Waals surface area contributed by atoms with Crippen LogP contribution in [-0.2, 0) is 4.79 Å². The number of carbonyl (C=O) groups excluding carboxylic acids is 2. The Hall–Kier alpha value is -3.06. The van der Waals surface area contributed by atoms with Crippen molar-refractivity contribution in [1.82, 2.24) is 4.90 Å². The van der Waals surface area contributed by atoms with Crippen molar-refractivity contribution in [3.05, 3.63) is 76.1 Å². The third-order valence-corrected chi connectivity index (χ3v) is 6.97. The van der Waals surface area contributed by atoms with E-state index in [0.29, 0.717) is 22.2 Å². The standard InChI is InChI=1S/C22H18N2O4S/c1-22(2)18(24-20(27)14-5-3-4-6-15(14)21(24)29-22)19(26)23-13-8-9-16-12(11-13)7-10-17(25)28-16/h3-11,18,21H,1-2H3,(H,23,26). The molecule has 2 atom stereocenters. The first-order chi connectivity index (χ1) is 13.8. The first kappa shape index (κ1) is 18.0. The van der Waals surface area contributed by atoms with Crippen LogP contribution in [0.3, 0.4) is 0 Å². The highest BCUT2D eigenvalue weighted by atomic mass is 32.2. The van der Waals surface area contributed by atoms with Gasteiger partial charge >= 0.3 is 5.63 Å². The van der Waals surface area contributed by atoms with E-state index in [1.165, 1.54) is 6.07 Å². The summed E-state index contributed by atoms with van der Waals surface area (Å²) in [4.78, 5) is 39.3. The van der Waals surface area contributed by atoms with Gasteiger partial charge in [-0.25, -0.2) is 4.79 Å². The molecular formula is C22H18N2O4S. The van der Waals surface area contributed by atoms with Crippen molar-refractivity contribution in [1.29, 1.82) is 0 Å². The van der Waals surface area contributed by atoms with Crippen LogP contribution in [0, 0.1) is 0 Å². The van der Waals surface area contributed by atoms with E-state index >= 15 is 0 Å². The Morgan fingerprint density at radius 1 is 1.10 bits per heavy atom. The molecule has 2 unspecified atom stereocenters. The predicted octanol–water partition coefficient (Wildman–Crippen LogP) is 3.78. The van der Waals surface area contributed by atoms with Gasteiger partial charge in [0.25, 0.3) is 5.91 Å². The van der Waals surface area contributed by atoms with Crippen molar-refractivity contribution in [3.8, 4) is 0 Å². The van der Waals surface area contributed by atoms with E-state index in [0.717, 1.165) is 5.56 Å². The van der Waals surface area contributed by atoms with E-state index in [1.54, 1.807) is 40.9 Å². The Morgan fingerprint density at radius 3 is 2.72 bits per heavy atom. The van der Waals surface area contributed by atoms with Crippen LogP contribution in [0.25, 0.3) is 11.0 Å². The van der Waals surface area contributed by atoms with Gasteiger partial charge in [0, 0.05) is 27.5 Å². The molecular weight excluding hydrogens is 388 g/mol. The monoisotopic (exact) mass is 406 g/mol. The number of hydrogen-bond donors (Lipinski definition) is 1. The fourth-order valence-electron chi connectivity index (χ4n) is 4.16. The fourth-order valence-corrected chi connectivity index (χ4v) is 5.75. The van der Waals surface area contributed by atoms with Crippen molar-refractivity contribution in [3.63, 3.8) is 0 Å². The number of amides is 2. The Labute approximate surface area is 170 Å². The van der Waals surface area contributed by atoms with Gasteiger partial charge in [-0.2, -0.15) is 0 Å². The second-order valence-electron chi connectivity index (χ2n) is 7.77. The number of nitrogens with one attached hydrogen (secondary N) is 1. The molecule has 1 N–H and O–H groups in total. The molecule has 0 aliphatic carbocycles. The van der Waals surface area contributed by atoms with Crippen molar-refractivity contribution in [2.75, 3.05) is 5.32 Å². The molecule has 0 spiro atoms. The summed E-state index contributed by atoms with van der Waals surface area (Å²) in [5, 5.41) is 3.50. The molecule has 1 aromatic heterocycles. The molecule has 0 bridgehead atoms. The minimum atomic E-state index is -0.609. The average Bonchev–Trinajstić information content (AvgIpc) is 3.11. The van der Waals surface area contributed by atoms with Gasteiger partial charge in [0.1, 0.15) is 17.0 Å². The lowest BCUT2D eigenvalue weighted by Crippen LogP contribution is -2.50. The molecule has 1 fully saturated rings. The lowest BCUT2D eigenvalue weighted by atomic mass is 10.0. The Kier molecular flexibility index (Phi) is 3.86. The van der Waals surface area contributed by atoms with Gasteiger partial charge < -0.3 is 14.6 Å². The van der Waals surface area contributed by atoms with Crippen molar-refractivity contribution < 1.29 is 14.0 Å². The average molecular weight is 406 g/mol. The molecule has 2 aromatic carbocycles. The zero-order chi connectivity index (χ0) is 20.3. The van der Waals surface area contributed by atoms with Crippen molar-refractivity contribution in [2.24, 2.45) is 0 Å². The number of hydrogen-bond acceptors (Lipinski definition) is 5. The van der Waals surface area contributed by atoms with Crippen LogP contribution in [0.5, 0.6) is 0 Å². The largest absolute Gasteiger partial charge is 0.423 e. The second kappa shape index (κ2) is 6.22. The lowest BCUT2D eigenvalue weighted by molar-refractivity contribution is -0.121. The topological polar surface area (TPSA) is 79.6 Å². The highest BCUT2D eigenvalue weighted by molar-refractivity contribution is 8.01. The van der Waals surface area contributed by atoms with Crippen LogP contribution in [0.1, 0.15) is 35.1 Å². The van der Waals surface area contributed by atoms with Gasteiger partial charge in [-0.15, -0.1) is 11.8 Å². The Balaban J connectivity index is 1.47. The van der Waals surface area contributed by atoms with Crippen LogP contribution in [0.2, 0.25) is 0 Å². The molecule has 3 heterocycles. The van der Waals surface area contributed by atoms with Crippen LogP contribution in [-0.4, -0.2) is 27.5 Å². The quantitative estimate of drug-likeness (QED) is 0.655. The summed E-state index contributed by atoms with van der Waals surface area (Å²) in [5.41, 5.74) is 2.25. The van der Waals surface area contributed by atoms with E-state index < -0.39 is 16.4 Å². The number of nitrogens with zero attached hydrogens (tertiary/aromatic N) is 1. The van der Waals surface area contributed by atoms with Crippen LogP contribution in [0.15, 0.2) is 63.8 Å². The summed E-state index contributed by atoms with van der Waals surface area (Å²) in [6.07, 6.45) is 0. The minimum absolute atomic E-state index is 0.107. The van der Waals surface area contributed by atoms with E-state index in [2.05, 4.69) is 5.32 Å². The molecule has 6 nitrogen and oxygen atoms in total. The van der Waals surface area contributed by atoms with Gasteiger partial charge in [0.05, 0.1) is 0 Å². The SMILES string of the molecule is CC1(C)SC2c3ccccc3C(=O)N2C1C(=O)Nc1ccc2oc(=O)ccc2c1. The first-order valence-corrected chi connectivity index (χ1v) is 10.2. The summed E-state index contributed by atoms with van der Waals surface area (Å²) in [5.74, 6) is -0.341. The maximum atomic E-state index is 13.3. The number of rotatable bonds is 2.